The van der Waals surface area contributed by atoms with Gasteiger partial charge in [-0.15, -0.1) is 0 Å². The number of anilines is 6. The molecule has 21 aromatic carbocycles. The quantitative estimate of drug-likeness (QED) is 0.122. The fourth-order valence-electron chi connectivity index (χ4n) is 24.5. The first kappa shape index (κ1) is 76.1. The Kier molecular flexibility index (Phi) is 16.2. The molecule has 0 radical (unpaired) electrons. The molecule has 5 nitrogen and oxygen atoms in total. The van der Waals surface area contributed by atoms with Crippen molar-refractivity contribution in [2.24, 2.45) is 0 Å². The van der Waals surface area contributed by atoms with Crippen LogP contribution in [0.5, 0.6) is 0 Å². The van der Waals surface area contributed by atoms with Crippen molar-refractivity contribution in [2.45, 2.75) is 43.9 Å². The maximum atomic E-state index is 7.34. The lowest BCUT2D eigenvalue weighted by Crippen LogP contribution is -2.26. The summed E-state index contributed by atoms with van der Waals surface area (Å²) < 4.78 is 16.7. The van der Waals surface area contributed by atoms with Gasteiger partial charge in [-0.2, -0.15) is 0 Å². The van der Waals surface area contributed by atoms with Gasteiger partial charge in [-0.3, -0.25) is 0 Å². The number of hydrogen-bond donors (Lipinski definition) is 0. The molecule has 5 heteroatoms. The van der Waals surface area contributed by atoms with E-state index in [4.69, 9.17) is 8.83 Å². The van der Waals surface area contributed by atoms with Crippen molar-refractivity contribution in [2.75, 3.05) is 9.80 Å². The summed E-state index contributed by atoms with van der Waals surface area (Å²) in [5.41, 5.74) is 44.3. The van der Waals surface area contributed by atoms with E-state index in [1.807, 2.05) is 0 Å². The number of hydrogen-bond acceptors (Lipinski definition) is 4. The Morgan fingerprint density at radius 2 is 0.612 bits per heavy atom. The van der Waals surface area contributed by atoms with Crippen LogP contribution in [0.4, 0.5) is 34.1 Å². The fraction of sp³-hybridized carbons (Fsp3) is 0.0543. The molecule has 0 N–H and O–H groups in total. The summed E-state index contributed by atoms with van der Waals surface area (Å²) in [6, 6.07) is 166. The zero-order valence-corrected chi connectivity index (χ0v) is 74.3. The molecular weight excluding hydrogens is 1620 g/mol. The van der Waals surface area contributed by atoms with Crippen molar-refractivity contribution in [1.82, 2.24) is 4.57 Å². The summed E-state index contributed by atoms with van der Waals surface area (Å²) in [5, 5.41) is 11.1. The molecule has 0 unspecified atom stereocenters. The van der Waals surface area contributed by atoms with Gasteiger partial charge in [-0.05, 0) is 260 Å². The van der Waals surface area contributed by atoms with Crippen LogP contribution in [0.2, 0.25) is 0 Å². The third-order valence-corrected chi connectivity index (χ3v) is 30.4. The average Bonchev–Trinajstić information content (AvgIpc) is 1.50. The number of nitrogens with zero attached hydrogens (tertiary/aromatic N) is 3. The predicted octanol–water partition coefficient (Wildman–Crippen LogP) is 35.1. The highest BCUT2D eigenvalue weighted by molar-refractivity contribution is 6.22. The molecule has 3 heterocycles. The lowest BCUT2D eigenvalue weighted by atomic mass is 9.70. The van der Waals surface area contributed by atoms with Crippen molar-refractivity contribution in [3.05, 3.63) is 487 Å². The highest BCUT2D eigenvalue weighted by Crippen LogP contribution is 2.65. The van der Waals surface area contributed by atoms with E-state index >= 15 is 0 Å². The van der Waals surface area contributed by atoms with E-state index in [0.29, 0.717) is 0 Å². The first-order valence-corrected chi connectivity index (χ1v) is 46.8. The summed E-state index contributed by atoms with van der Waals surface area (Å²) >= 11 is 0. The molecule has 0 saturated heterocycles. The third-order valence-electron chi connectivity index (χ3n) is 30.4. The van der Waals surface area contributed by atoms with Gasteiger partial charge in [0.25, 0.3) is 0 Å². The average molecular weight is 1710 g/mol. The van der Waals surface area contributed by atoms with Crippen LogP contribution in [-0.4, -0.2) is 4.57 Å². The molecule has 24 aromatic rings. The summed E-state index contributed by atoms with van der Waals surface area (Å²) in [6.07, 6.45) is 0. The minimum absolute atomic E-state index is 0.188. The van der Waals surface area contributed by atoms with Crippen LogP contribution < -0.4 is 9.80 Å². The number of furan rings is 2. The second-order valence-corrected chi connectivity index (χ2v) is 37.9. The Morgan fingerprint density at radius 3 is 1.18 bits per heavy atom. The van der Waals surface area contributed by atoms with Crippen LogP contribution in [0.15, 0.2) is 452 Å². The first-order chi connectivity index (χ1) is 66.0. The van der Waals surface area contributed by atoms with Crippen LogP contribution in [0, 0.1) is 0 Å². The fourth-order valence-corrected chi connectivity index (χ4v) is 24.5. The van der Waals surface area contributed by atoms with Crippen LogP contribution in [0.25, 0.3) is 193 Å². The molecule has 1 spiro atoms. The van der Waals surface area contributed by atoms with E-state index in [9.17, 15) is 0 Å². The van der Waals surface area contributed by atoms with Gasteiger partial charge in [0.15, 0.2) is 0 Å². The molecular formula is C129H85N3O2. The Labute approximate surface area is 776 Å². The van der Waals surface area contributed by atoms with E-state index in [1.54, 1.807) is 0 Å². The van der Waals surface area contributed by atoms with E-state index in [1.165, 1.54) is 100 Å². The number of para-hydroxylation sites is 3. The maximum Gasteiger partial charge on any atom is 0.143 e. The molecule has 0 fully saturated rings. The van der Waals surface area contributed by atoms with Gasteiger partial charge in [0, 0.05) is 93.5 Å². The van der Waals surface area contributed by atoms with Gasteiger partial charge < -0.3 is 23.2 Å². The molecule has 28 rings (SSSR count). The van der Waals surface area contributed by atoms with Crippen LogP contribution in [0.3, 0.4) is 0 Å². The summed E-state index contributed by atoms with van der Waals surface area (Å²) in [5.74, 6) is 0. The van der Waals surface area contributed by atoms with Gasteiger partial charge >= 0.3 is 0 Å². The highest BCUT2D eigenvalue weighted by atomic mass is 16.3. The Bertz CT molecular complexity index is 9120. The number of benzene rings is 21. The van der Waals surface area contributed by atoms with Gasteiger partial charge in [0.1, 0.15) is 22.3 Å². The summed E-state index contributed by atoms with van der Waals surface area (Å²) in [4.78, 5) is 5.04. The van der Waals surface area contributed by atoms with Crippen molar-refractivity contribution in [1.29, 1.82) is 0 Å². The zero-order chi connectivity index (χ0) is 88.6. The Hall–Kier alpha value is -16.9. The number of aromatic nitrogens is 1. The van der Waals surface area contributed by atoms with Gasteiger partial charge in [0.05, 0.1) is 27.8 Å². The van der Waals surface area contributed by atoms with Gasteiger partial charge in [-0.1, -0.05) is 355 Å². The van der Waals surface area contributed by atoms with E-state index in [-0.39, 0.29) is 10.8 Å². The predicted molar refractivity (Wildman–Crippen MR) is 558 cm³/mol. The molecule has 0 saturated carbocycles. The second-order valence-electron chi connectivity index (χ2n) is 37.9. The second kappa shape index (κ2) is 28.6. The number of fused-ring (bicyclic) bond motifs is 29. The monoisotopic (exact) mass is 1710 g/mol. The topological polar surface area (TPSA) is 37.7 Å². The first-order valence-electron chi connectivity index (χ1n) is 46.8. The Balaban J connectivity index is 0.590. The van der Waals surface area contributed by atoms with E-state index in [0.717, 1.165) is 172 Å². The molecule has 4 aliphatic carbocycles. The number of rotatable bonds is 12. The zero-order valence-electron chi connectivity index (χ0n) is 74.3. The van der Waals surface area contributed by atoms with Crippen LogP contribution >= 0.6 is 0 Å². The van der Waals surface area contributed by atoms with E-state index < -0.39 is 5.41 Å². The summed E-state index contributed by atoms with van der Waals surface area (Å²) in [7, 11) is 0. The largest absolute Gasteiger partial charge is 0.455 e. The van der Waals surface area contributed by atoms with E-state index in [2.05, 4.69) is 485 Å². The minimum Gasteiger partial charge on any atom is -0.455 e. The van der Waals surface area contributed by atoms with Gasteiger partial charge in [0.2, 0.25) is 0 Å². The van der Waals surface area contributed by atoms with Crippen molar-refractivity contribution < 1.29 is 8.83 Å². The van der Waals surface area contributed by atoms with Crippen molar-refractivity contribution in [3.63, 3.8) is 0 Å². The molecule has 0 amide bonds. The van der Waals surface area contributed by atoms with Crippen molar-refractivity contribution >= 4 is 121 Å². The summed E-state index contributed by atoms with van der Waals surface area (Å²) in [6.45, 7) is 9.51. The molecule has 134 heavy (non-hydrogen) atoms. The molecule has 0 atom stereocenters. The normalized spacial score (nSPS) is 13.7. The Morgan fingerprint density at radius 1 is 0.216 bits per heavy atom. The van der Waals surface area contributed by atoms with Gasteiger partial charge in [-0.25, -0.2) is 0 Å². The maximum absolute atomic E-state index is 7.34. The highest BCUT2D eigenvalue weighted by Gasteiger charge is 2.52. The molecule has 0 bridgehead atoms. The molecule has 0 aliphatic heterocycles. The molecule has 4 aliphatic rings. The smallest absolute Gasteiger partial charge is 0.143 e. The third kappa shape index (κ3) is 10.8. The lowest BCUT2D eigenvalue weighted by Gasteiger charge is -2.33. The SMILES string of the molecule is CC1(C)c2ccccc2-c2c(-c3ccccc3N(c3cccc(-c4cccc5oc6c7cc(-c8ccc9c(c8)c8ccc(N(c%10cccc(-c%11cccc%12oc%13c%14ccccc%14ccc%13c%11%12)c%10)c%10ccccc%10-c%10cccc%11c%10-c%10ccccc%10C%11(C)C)cc8n9-c8ccccc8)ccc7ccc6c45)c3)c3ccc4c(c3)C3(c5ccccc5-c5ccccc53)c3ccccc3-4)cccc21. The minimum atomic E-state index is -0.551. The van der Waals surface area contributed by atoms with Crippen LogP contribution in [-0.2, 0) is 16.2 Å². The molecule has 628 valence electrons. The molecule has 3 aromatic heterocycles. The standard InChI is InChI=1S/C129H85N3O2/c1-127(2)107-49-17-13-43-101(107)121-99(47-26-54-112(121)127)96-41-15-22-56-115(96)130(87-65-69-95-94-40-12-21-53-111(94)129(114(95)76-87)109-51-19-10-38-92(109)93-39-11-20-52-110(93)129)85-35-24-31-82(72-85)90-46-29-59-120-124(90)104-68-63-79-60-61-80(74-105(79)126(104)134-120)81-64-71-117-106(75-81)98-70-66-88(77-118(98)132(117)84-33-6-5-7-34-84)131(116-57-23-16-42-97(116)100-48-27-55-113-122(100)102-44-14-18-50-108(102)128(113,3)4)86-36-25-32-83(73-86)89-45-28-58-119-123(89)103-67-62-78-30-8-9-37-91(78)125(103)133-119/h5-77H,1-4H3. The van der Waals surface area contributed by atoms with Crippen molar-refractivity contribution in [3.8, 4) is 106 Å². The van der Waals surface area contributed by atoms with Crippen LogP contribution in [0.1, 0.15) is 72.2 Å². The lowest BCUT2D eigenvalue weighted by molar-refractivity contribution is 0.660.